The summed E-state index contributed by atoms with van der Waals surface area (Å²) >= 11 is 0. The molecule has 4 rings (SSSR count). The van der Waals surface area contributed by atoms with Gasteiger partial charge in [-0.05, 0) is 48.4 Å². The highest BCUT2D eigenvalue weighted by Crippen LogP contribution is 2.48. The largest absolute Gasteiger partial charge is 0.385 e. The Hall–Kier alpha value is -2.84. The van der Waals surface area contributed by atoms with Gasteiger partial charge in [0, 0.05) is 18.8 Å². The number of carbonyl (C=O) groups is 1. The zero-order valence-electron chi connectivity index (χ0n) is 14.4. The number of benzene rings is 2. The minimum atomic E-state index is -0.777. The number of nitrogens with one attached hydrogen (secondary N) is 1. The van der Waals surface area contributed by atoms with Gasteiger partial charge in [-0.3, -0.25) is 0 Å². The number of urea groups is 1. The molecule has 1 saturated heterocycles. The van der Waals surface area contributed by atoms with Gasteiger partial charge >= 0.3 is 6.03 Å². The lowest BCUT2D eigenvalue weighted by Gasteiger charge is -2.26. The lowest BCUT2D eigenvalue weighted by molar-refractivity contribution is 0.0328. The molecule has 1 heterocycles. The van der Waals surface area contributed by atoms with Gasteiger partial charge in [0.05, 0.1) is 17.2 Å². The van der Waals surface area contributed by atoms with Gasteiger partial charge in [-0.1, -0.05) is 36.4 Å². The fourth-order valence-electron chi connectivity index (χ4n) is 4.37. The van der Waals surface area contributed by atoms with Crippen LogP contribution in [0.1, 0.15) is 24.0 Å². The van der Waals surface area contributed by atoms with Crippen LogP contribution in [0.25, 0.3) is 0 Å². The molecule has 2 aromatic carbocycles. The van der Waals surface area contributed by atoms with E-state index in [1.54, 1.807) is 24.3 Å². The summed E-state index contributed by atoms with van der Waals surface area (Å²) in [7, 11) is 0. The highest BCUT2D eigenvalue weighted by molar-refractivity contribution is 5.89. The number of nitriles is 1. The van der Waals surface area contributed by atoms with Crippen molar-refractivity contribution in [1.82, 2.24) is 4.90 Å². The molecule has 0 aromatic heterocycles. The Kier molecular flexibility index (Phi) is 4.14. The molecule has 1 saturated carbocycles. The average Bonchev–Trinajstić information content (AvgIpc) is 3.18. The molecule has 26 heavy (non-hydrogen) atoms. The molecule has 0 bridgehead atoms. The summed E-state index contributed by atoms with van der Waals surface area (Å²) in [4.78, 5) is 14.4. The molecule has 132 valence electrons. The SMILES string of the molecule is N#Cc1cccc(NC(=O)N2C[C@@H]3C[C@@](O)(c4ccccc4)C[C@@H]3C2)c1. The van der Waals surface area contributed by atoms with Crippen molar-refractivity contribution >= 4 is 11.7 Å². The molecule has 0 unspecified atom stereocenters. The fraction of sp³-hybridized carbons (Fsp3) is 0.333. The predicted octanol–water partition coefficient (Wildman–Crippen LogP) is 3.32. The summed E-state index contributed by atoms with van der Waals surface area (Å²) in [6.45, 7) is 1.31. The maximum Gasteiger partial charge on any atom is 0.321 e. The van der Waals surface area contributed by atoms with E-state index < -0.39 is 5.60 Å². The number of carbonyl (C=O) groups excluding carboxylic acids is 1. The van der Waals surface area contributed by atoms with Crippen molar-refractivity contribution in [2.75, 3.05) is 18.4 Å². The normalized spacial score (nSPS) is 27.0. The Labute approximate surface area is 152 Å². The minimum Gasteiger partial charge on any atom is -0.385 e. The maximum absolute atomic E-state index is 12.5. The number of rotatable bonds is 2. The Bertz CT molecular complexity index is 845. The van der Waals surface area contributed by atoms with E-state index in [1.165, 1.54) is 0 Å². The fourth-order valence-corrected chi connectivity index (χ4v) is 4.37. The number of hydrogen-bond acceptors (Lipinski definition) is 3. The van der Waals surface area contributed by atoms with Crippen LogP contribution in [0.5, 0.6) is 0 Å². The van der Waals surface area contributed by atoms with Crippen molar-refractivity contribution in [2.24, 2.45) is 11.8 Å². The molecule has 3 atom stereocenters. The average molecular weight is 347 g/mol. The standard InChI is InChI=1S/C21H21N3O2/c22-12-15-5-4-8-19(9-15)23-20(25)24-13-16-10-21(26,11-17(16)14-24)18-6-2-1-3-7-18/h1-9,16-17,26H,10-11,13-14H2,(H,23,25)/t16-,17+,21-. The Morgan fingerprint density at radius 2 is 1.81 bits per heavy atom. The second kappa shape index (κ2) is 6.47. The molecule has 0 radical (unpaired) electrons. The number of hydrogen-bond donors (Lipinski definition) is 2. The van der Waals surface area contributed by atoms with Gasteiger partial charge < -0.3 is 15.3 Å². The first kappa shape index (κ1) is 16.6. The van der Waals surface area contributed by atoms with Gasteiger partial charge in [-0.2, -0.15) is 5.26 Å². The van der Waals surface area contributed by atoms with Crippen LogP contribution in [0.4, 0.5) is 10.5 Å². The molecule has 5 heteroatoms. The van der Waals surface area contributed by atoms with Crippen LogP contribution in [0.3, 0.4) is 0 Å². The number of amides is 2. The number of aliphatic hydroxyl groups is 1. The zero-order valence-corrected chi connectivity index (χ0v) is 14.4. The van der Waals surface area contributed by atoms with E-state index in [0.717, 1.165) is 5.56 Å². The van der Waals surface area contributed by atoms with Crippen LogP contribution in [0.15, 0.2) is 54.6 Å². The lowest BCUT2D eigenvalue weighted by atomic mass is 9.90. The second-order valence-electron chi connectivity index (χ2n) is 7.35. The Balaban J connectivity index is 1.40. The molecule has 2 N–H and O–H groups in total. The highest BCUT2D eigenvalue weighted by atomic mass is 16.3. The molecule has 1 aliphatic heterocycles. The van der Waals surface area contributed by atoms with E-state index in [1.807, 2.05) is 35.2 Å². The molecule has 2 amide bonds. The van der Waals surface area contributed by atoms with Gasteiger partial charge in [-0.25, -0.2) is 4.79 Å². The van der Waals surface area contributed by atoms with Crippen LogP contribution >= 0.6 is 0 Å². The van der Waals surface area contributed by atoms with Crippen molar-refractivity contribution in [3.8, 4) is 6.07 Å². The smallest absolute Gasteiger partial charge is 0.321 e. The van der Waals surface area contributed by atoms with Crippen molar-refractivity contribution < 1.29 is 9.90 Å². The predicted molar refractivity (Wildman–Crippen MR) is 98.3 cm³/mol. The van der Waals surface area contributed by atoms with E-state index in [4.69, 9.17) is 5.26 Å². The molecule has 2 aromatic rings. The third-order valence-electron chi connectivity index (χ3n) is 5.62. The summed E-state index contributed by atoms with van der Waals surface area (Å²) in [5.41, 5.74) is 1.35. The Morgan fingerprint density at radius 1 is 1.12 bits per heavy atom. The first-order valence-corrected chi connectivity index (χ1v) is 8.91. The first-order chi connectivity index (χ1) is 12.6. The van der Waals surface area contributed by atoms with Crippen molar-refractivity contribution in [2.45, 2.75) is 18.4 Å². The summed E-state index contributed by atoms with van der Waals surface area (Å²) < 4.78 is 0. The van der Waals surface area contributed by atoms with Gasteiger partial charge in [0.1, 0.15) is 0 Å². The Morgan fingerprint density at radius 3 is 2.46 bits per heavy atom. The molecular weight excluding hydrogens is 326 g/mol. The topological polar surface area (TPSA) is 76.4 Å². The van der Waals surface area contributed by atoms with Crippen LogP contribution in [0.2, 0.25) is 0 Å². The highest BCUT2D eigenvalue weighted by Gasteiger charge is 2.49. The third kappa shape index (κ3) is 3.04. The summed E-state index contributed by atoms with van der Waals surface area (Å²) in [6, 6.07) is 18.7. The number of anilines is 1. The first-order valence-electron chi connectivity index (χ1n) is 8.91. The van der Waals surface area contributed by atoms with Crippen molar-refractivity contribution in [3.63, 3.8) is 0 Å². The van der Waals surface area contributed by atoms with Crippen molar-refractivity contribution in [1.29, 1.82) is 5.26 Å². The lowest BCUT2D eigenvalue weighted by Crippen LogP contribution is -2.35. The van der Waals surface area contributed by atoms with Crippen LogP contribution in [-0.4, -0.2) is 29.1 Å². The third-order valence-corrected chi connectivity index (χ3v) is 5.62. The van der Waals surface area contributed by atoms with Crippen LogP contribution in [-0.2, 0) is 5.60 Å². The van der Waals surface area contributed by atoms with E-state index in [2.05, 4.69) is 11.4 Å². The molecule has 2 aliphatic rings. The van der Waals surface area contributed by atoms with Gasteiger partial charge in [-0.15, -0.1) is 0 Å². The summed E-state index contributed by atoms with van der Waals surface area (Å²) in [6.07, 6.45) is 1.38. The molecule has 2 fully saturated rings. The molecule has 1 aliphatic carbocycles. The second-order valence-corrected chi connectivity index (χ2v) is 7.35. The minimum absolute atomic E-state index is 0.141. The number of nitrogens with zero attached hydrogens (tertiary/aromatic N) is 2. The van der Waals surface area contributed by atoms with E-state index in [0.29, 0.717) is 49.0 Å². The number of likely N-dealkylation sites (tertiary alicyclic amines) is 1. The molecule has 0 spiro atoms. The quantitative estimate of drug-likeness (QED) is 0.875. The van der Waals surface area contributed by atoms with Crippen LogP contribution < -0.4 is 5.32 Å². The monoisotopic (exact) mass is 347 g/mol. The molecular formula is C21H21N3O2. The van der Waals surface area contributed by atoms with E-state index in [9.17, 15) is 9.90 Å². The molecule has 5 nitrogen and oxygen atoms in total. The maximum atomic E-state index is 12.5. The summed E-state index contributed by atoms with van der Waals surface area (Å²) in [5, 5.41) is 22.9. The van der Waals surface area contributed by atoms with E-state index >= 15 is 0 Å². The van der Waals surface area contributed by atoms with Gasteiger partial charge in [0.25, 0.3) is 0 Å². The van der Waals surface area contributed by atoms with Gasteiger partial charge in [0.15, 0.2) is 0 Å². The van der Waals surface area contributed by atoms with Gasteiger partial charge in [0.2, 0.25) is 0 Å². The summed E-state index contributed by atoms with van der Waals surface area (Å²) in [5.74, 6) is 0.632. The number of fused-ring (bicyclic) bond motifs is 1. The van der Waals surface area contributed by atoms with E-state index in [-0.39, 0.29) is 6.03 Å². The zero-order chi connectivity index (χ0) is 18.1. The van der Waals surface area contributed by atoms with Crippen LogP contribution in [0, 0.1) is 23.2 Å². The van der Waals surface area contributed by atoms with Crippen molar-refractivity contribution in [3.05, 3.63) is 65.7 Å².